The predicted molar refractivity (Wildman–Crippen MR) is 103 cm³/mol. The van der Waals surface area contributed by atoms with E-state index in [1.165, 1.54) is 34.2 Å². The van der Waals surface area contributed by atoms with E-state index in [1.807, 2.05) is 12.1 Å². The van der Waals surface area contributed by atoms with Crippen LogP contribution in [0.25, 0.3) is 21.9 Å². The maximum absolute atomic E-state index is 11.0. The van der Waals surface area contributed by atoms with E-state index in [1.54, 1.807) is 7.11 Å². The molecular formula is C23H19NO3. The molecule has 27 heavy (non-hydrogen) atoms. The molecule has 3 heterocycles. The normalized spacial score (nSPS) is 28.2. The van der Waals surface area contributed by atoms with Crippen LogP contribution in [0.2, 0.25) is 0 Å². The molecule has 3 aliphatic heterocycles. The fourth-order valence-electron chi connectivity index (χ4n) is 6.01. The lowest BCUT2D eigenvalue weighted by atomic mass is 9.89. The number of fused-ring (bicyclic) bond motifs is 12. The molecule has 4 heteroatoms. The van der Waals surface area contributed by atoms with Gasteiger partial charge in [0.1, 0.15) is 5.75 Å². The number of hydrogen-bond donors (Lipinski definition) is 1. The predicted octanol–water partition coefficient (Wildman–Crippen LogP) is 3.80. The van der Waals surface area contributed by atoms with Gasteiger partial charge in [-0.05, 0) is 40.8 Å². The zero-order chi connectivity index (χ0) is 17.9. The van der Waals surface area contributed by atoms with Crippen LogP contribution < -0.4 is 9.47 Å². The van der Waals surface area contributed by atoms with Crippen molar-refractivity contribution in [3.8, 4) is 28.4 Å². The number of methoxy groups -OCH3 is 1. The molecule has 3 atom stereocenters. The third kappa shape index (κ3) is 1.38. The Kier molecular flexibility index (Phi) is 2.34. The van der Waals surface area contributed by atoms with Gasteiger partial charge in [-0.15, -0.1) is 0 Å². The third-order valence-electron chi connectivity index (χ3n) is 7.14. The Bertz CT molecular complexity index is 1170. The van der Waals surface area contributed by atoms with Crippen molar-refractivity contribution in [2.24, 2.45) is 0 Å². The largest absolute Gasteiger partial charge is 0.507 e. The molecule has 134 valence electrons. The second kappa shape index (κ2) is 4.39. The van der Waals surface area contributed by atoms with Gasteiger partial charge in [-0.2, -0.15) is 0 Å². The molecule has 1 aliphatic carbocycles. The van der Waals surface area contributed by atoms with Gasteiger partial charge in [0, 0.05) is 35.3 Å². The molecule has 4 nitrogen and oxygen atoms in total. The number of rotatable bonds is 1. The van der Waals surface area contributed by atoms with E-state index in [4.69, 9.17) is 9.47 Å². The molecule has 7 rings (SSSR count). The van der Waals surface area contributed by atoms with Gasteiger partial charge in [-0.25, -0.2) is 0 Å². The van der Waals surface area contributed by atoms with Crippen molar-refractivity contribution in [1.29, 1.82) is 0 Å². The number of hydrogen-bond acceptors (Lipinski definition) is 4. The van der Waals surface area contributed by atoms with Crippen molar-refractivity contribution in [3.63, 3.8) is 0 Å². The van der Waals surface area contributed by atoms with Crippen molar-refractivity contribution in [1.82, 2.24) is 4.90 Å². The minimum Gasteiger partial charge on any atom is -0.507 e. The highest BCUT2D eigenvalue weighted by molar-refractivity contribution is 6.09. The highest BCUT2D eigenvalue weighted by Gasteiger charge is 2.72. The SMILES string of the molecule is COc1cc2c(O)cc3c(c2c2c1OCC2)-c1ccccc1C31C2CCN21. The number of benzene rings is 3. The number of nitrogens with zero attached hydrogens (tertiary/aromatic N) is 1. The summed E-state index contributed by atoms with van der Waals surface area (Å²) in [5.41, 5.74) is 6.42. The highest BCUT2D eigenvalue weighted by atomic mass is 16.5. The third-order valence-corrected chi connectivity index (χ3v) is 7.14. The Labute approximate surface area is 156 Å². The van der Waals surface area contributed by atoms with Crippen LogP contribution in [0.3, 0.4) is 0 Å². The molecule has 2 saturated heterocycles. The fourth-order valence-corrected chi connectivity index (χ4v) is 6.01. The standard InChI is InChI=1S/C23H19NO3/c1-26-18-10-14-17(25)11-16-21(20(14)13-7-9-27-22(13)18)12-4-2-3-5-15(12)23(16)19-6-8-24(19)23/h2-5,10-11,19,25H,6-9H2,1H3. The summed E-state index contributed by atoms with van der Waals surface area (Å²) in [6.45, 7) is 1.80. The topological polar surface area (TPSA) is 41.7 Å². The fraction of sp³-hybridized carbons (Fsp3) is 0.304. The number of phenolic OH excluding ortho intramolecular Hbond substituents is 1. The smallest absolute Gasteiger partial charge is 0.165 e. The number of phenols is 1. The van der Waals surface area contributed by atoms with Crippen LogP contribution >= 0.6 is 0 Å². The van der Waals surface area contributed by atoms with Crippen LogP contribution in [-0.2, 0) is 12.0 Å². The van der Waals surface area contributed by atoms with Crippen molar-refractivity contribution < 1.29 is 14.6 Å². The molecule has 3 aromatic carbocycles. The van der Waals surface area contributed by atoms with E-state index >= 15 is 0 Å². The molecule has 1 N–H and O–H groups in total. The van der Waals surface area contributed by atoms with E-state index in [-0.39, 0.29) is 5.54 Å². The second-order valence-corrected chi connectivity index (χ2v) is 8.04. The Balaban J connectivity index is 1.68. The summed E-state index contributed by atoms with van der Waals surface area (Å²) < 4.78 is 11.5. The van der Waals surface area contributed by atoms with Gasteiger partial charge in [0.05, 0.1) is 19.3 Å². The summed E-state index contributed by atoms with van der Waals surface area (Å²) in [6.07, 6.45) is 2.08. The van der Waals surface area contributed by atoms with Crippen LogP contribution in [0.1, 0.15) is 23.1 Å². The van der Waals surface area contributed by atoms with E-state index in [9.17, 15) is 5.11 Å². The van der Waals surface area contributed by atoms with Gasteiger partial charge in [-0.3, -0.25) is 4.90 Å². The van der Waals surface area contributed by atoms with E-state index < -0.39 is 0 Å². The number of ether oxygens (including phenoxy) is 2. The first-order chi connectivity index (χ1) is 13.3. The first kappa shape index (κ1) is 14.4. The van der Waals surface area contributed by atoms with Crippen LogP contribution in [0, 0.1) is 0 Å². The Hall–Kier alpha value is -2.72. The van der Waals surface area contributed by atoms with Crippen LogP contribution in [0.15, 0.2) is 36.4 Å². The van der Waals surface area contributed by atoms with Crippen molar-refractivity contribution in [3.05, 3.63) is 53.1 Å². The lowest BCUT2D eigenvalue weighted by Gasteiger charge is -2.17. The summed E-state index contributed by atoms with van der Waals surface area (Å²) in [5, 5.41) is 13.0. The average Bonchev–Trinajstić information content (AvgIpc) is 3.01. The molecule has 0 aromatic heterocycles. The first-order valence-electron chi connectivity index (χ1n) is 9.66. The molecule has 0 saturated carbocycles. The van der Waals surface area contributed by atoms with Crippen LogP contribution in [-0.4, -0.2) is 36.3 Å². The molecule has 4 aliphatic rings. The monoisotopic (exact) mass is 357 g/mol. The van der Waals surface area contributed by atoms with E-state index in [0.717, 1.165) is 29.5 Å². The minimum atomic E-state index is -0.0239. The van der Waals surface area contributed by atoms with E-state index in [0.29, 0.717) is 24.1 Å². The Morgan fingerprint density at radius 3 is 2.85 bits per heavy atom. The van der Waals surface area contributed by atoms with Gasteiger partial charge >= 0.3 is 0 Å². The molecule has 0 radical (unpaired) electrons. The maximum Gasteiger partial charge on any atom is 0.165 e. The zero-order valence-electron chi connectivity index (χ0n) is 15.1. The molecular weight excluding hydrogens is 338 g/mol. The summed E-state index contributed by atoms with van der Waals surface area (Å²) in [7, 11) is 1.66. The van der Waals surface area contributed by atoms with Crippen molar-refractivity contribution in [2.75, 3.05) is 20.3 Å². The lowest BCUT2D eigenvalue weighted by Crippen LogP contribution is -2.17. The van der Waals surface area contributed by atoms with Crippen molar-refractivity contribution in [2.45, 2.75) is 24.4 Å². The van der Waals surface area contributed by atoms with Gasteiger partial charge in [0.25, 0.3) is 0 Å². The molecule has 2 fully saturated rings. The average molecular weight is 357 g/mol. The second-order valence-electron chi connectivity index (χ2n) is 8.04. The first-order valence-corrected chi connectivity index (χ1v) is 9.66. The van der Waals surface area contributed by atoms with Crippen LogP contribution in [0.4, 0.5) is 0 Å². The quantitative estimate of drug-likeness (QED) is 0.673. The minimum absolute atomic E-state index is 0.0239. The molecule has 1 spiro atoms. The Morgan fingerprint density at radius 1 is 1.22 bits per heavy atom. The van der Waals surface area contributed by atoms with Gasteiger partial charge in [0.15, 0.2) is 11.5 Å². The summed E-state index contributed by atoms with van der Waals surface area (Å²) in [6, 6.07) is 13.3. The molecule has 3 aromatic rings. The summed E-state index contributed by atoms with van der Waals surface area (Å²) >= 11 is 0. The number of aromatic hydroxyl groups is 1. The molecule has 0 amide bonds. The maximum atomic E-state index is 11.0. The lowest BCUT2D eigenvalue weighted by molar-refractivity contribution is 0.326. The molecule has 0 bridgehead atoms. The summed E-state index contributed by atoms with van der Waals surface area (Å²) in [4.78, 5) is 2.57. The van der Waals surface area contributed by atoms with E-state index in [2.05, 4.69) is 29.2 Å². The summed E-state index contributed by atoms with van der Waals surface area (Å²) in [5.74, 6) is 1.90. The Morgan fingerprint density at radius 2 is 2.07 bits per heavy atom. The van der Waals surface area contributed by atoms with Crippen molar-refractivity contribution >= 4 is 10.8 Å². The highest BCUT2D eigenvalue weighted by Crippen LogP contribution is 2.69. The zero-order valence-corrected chi connectivity index (χ0v) is 15.1. The van der Waals surface area contributed by atoms with Gasteiger partial charge < -0.3 is 14.6 Å². The molecule has 3 unspecified atom stereocenters. The van der Waals surface area contributed by atoms with Crippen LogP contribution in [0.5, 0.6) is 17.2 Å². The van der Waals surface area contributed by atoms with Gasteiger partial charge in [-0.1, -0.05) is 24.3 Å². The van der Waals surface area contributed by atoms with Gasteiger partial charge in [0.2, 0.25) is 0 Å².